The van der Waals surface area contributed by atoms with Gasteiger partial charge in [0.05, 0.1) is 5.92 Å². The molecule has 8 heteroatoms. The Kier molecular flexibility index (Phi) is 4.89. The van der Waals surface area contributed by atoms with Crippen LogP contribution >= 0.6 is 0 Å². The summed E-state index contributed by atoms with van der Waals surface area (Å²) in [4.78, 5) is 25.4. The highest BCUT2D eigenvalue weighted by Gasteiger charge is 2.26. The van der Waals surface area contributed by atoms with Crippen LogP contribution in [-0.4, -0.2) is 38.1 Å². The second-order valence-corrected chi connectivity index (χ2v) is 5.43. The first-order valence-corrected chi connectivity index (χ1v) is 7.11. The topological polar surface area (TPSA) is 110 Å². The van der Waals surface area contributed by atoms with Crippen molar-refractivity contribution in [3.05, 3.63) is 22.1 Å². The summed E-state index contributed by atoms with van der Waals surface area (Å²) in [6.45, 7) is 2.75. The van der Waals surface area contributed by atoms with Crippen LogP contribution in [0.5, 0.6) is 0 Å². The number of imidazole rings is 1. The highest BCUT2D eigenvalue weighted by Crippen LogP contribution is 2.24. The van der Waals surface area contributed by atoms with Crippen molar-refractivity contribution in [3.8, 4) is 0 Å². The van der Waals surface area contributed by atoms with E-state index in [0.717, 1.165) is 19.3 Å². The first-order chi connectivity index (χ1) is 9.99. The summed E-state index contributed by atoms with van der Waals surface area (Å²) >= 11 is 0. The molecule has 1 aliphatic carbocycles. The monoisotopic (exact) mass is 296 g/mol. The summed E-state index contributed by atoms with van der Waals surface area (Å²) in [5.41, 5.74) is 0. The minimum Gasteiger partial charge on any atom is -0.481 e. The van der Waals surface area contributed by atoms with Crippen LogP contribution in [0.4, 0.5) is 5.82 Å². The van der Waals surface area contributed by atoms with Crippen molar-refractivity contribution >= 4 is 11.8 Å². The largest absolute Gasteiger partial charge is 0.481 e. The molecule has 1 aromatic heterocycles. The summed E-state index contributed by atoms with van der Waals surface area (Å²) in [5.74, 6) is -0.417. The van der Waals surface area contributed by atoms with E-state index in [9.17, 15) is 14.9 Å². The van der Waals surface area contributed by atoms with Gasteiger partial charge >= 0.3 is 11.8 Å². The molecule has 1 fully saturated rings. The smallest absolute Gasteiger partial charge is 0.342 e. The molecule has 2 rings (SSSR count). The van der Waals surface area contributed by atoms with E-state index in [0.29, 0.717) is 25.3 Å². The predicted molar refractivity (Wildman–Crippen MR) is 75.0 cm³/mol. The molecule has 0 aliphatic heterocycles. The molecule has 0 amide bonds. The fraction of sp³-hybridized carbons (Fsp3) is 0.692. The maximum atomic E-state index is 11.0. The summed E-state index contributed by atoms with van der Waals surface area (Å²) in [6, 6.07) is 0.169. The van der Waals surface area contributed by atoms with Crippen LogP contribution < -0.4 is 5.32 Å². The Labute approximate surface area is 122 Å². The van der Waals surface area contributed by atoms with Crippen LogP contribution in [0.2, 0.25) is 0 Å². The van der Waals surface area contributed by atoms with E-state index in [1.54, 1.807) is 11.5 Å². The van der Waals surface area contributed by atoms with Crippen LogP contribution in [0.25, 0.3) is 0 Å². The van der Waals surface area contributed by atoms with Crippen molar-refractivity contribution in [2.45, 2.75) is 45.2 Å². The lowest BCUT2D eigenvalue weighted by atomic mass is 9.86. The zero-order valence-electron chi connectivity index (χ0n) is 12.0. The van der Waals surface area contributed by atoms with Crippen molar-refractivity contribution in [1.29, 1.82) is 0 Å². The van der Waals surface area contributed by atoms with E-state index >= 15 is 0 Å². The van der Waals surface area contributed by atoms with Gasteiger partial charge in [-0.05, 0) is 24.2 Å². The van der Waals surface area contributed by atoms with Gasteiger partial charge in [0, 0.05) is 19.5 Å². The van der Waals surface area contributed by atoms with E-state index in [4.69, 9.17) is 5.11 Å². The molecule has 1 saturated carbocycles. The molecule has 116 valence electrons. The summed E-state index contributed by atoms with van der Waals surface area (Å²) in [5, 5.41) is 23.2. The number of nitrogens with zero attached hydrogens (tertiary/aromatic N) is 3. The molecular weight excluding hydrogens is 276 g/mol. The molecule has 2 atom stereocenters. The molecule has 0 bridgehead atoms. The molecule has 1 heterocycles. The maximum Gasteiger partial charge on any atom is 0.342 e. The van der Waals surface area contributed by atoms with Crippen LogP contribution in [0.1, 0.15) is 31.5 Å². The van der Waals surface area contributed by atoms with E-state index in [-0.39, 0.29) is 17.8 Å². The van der Waals surface area contributed by atoms with Gasteiger partial charge in [-0.3, -0.25) is 4.79 Å². The Morgan fingerprint density at radius 1 is 1.62 bits per heavy atom. The van der Waals surface area contributed by atoms with E-state index in [1.165, 1.54) is 6.20 Å². The number of carboxylic acids is 1. The number of aryl methyl sites for hydroxylation is 1. The van der Waals surface area contributed by atoms with Gasteiger partial charge in [0.15, 0.2) is 5.82 Å². The number of carboxylic acid groups (broad SMARTS) is 1. The molecule has 1 aliphatic rings. The first-order valence-electron chi connectivity index (χ1n) is 7.11. The van der Waals surface area contributed by atoms with Crippen molar-refractivity contribution in [2.75, 3.05) is 6.54 Å². The molecule has 2 N–H and O–H groups in total. The Morgan fingerprint density at radius 2 is 2.38 bits per heavy atom. The molecule has 2 unspecified atom stereocenters. The third kappa shape index (κ3) is 3.78. The van der Waals surface area contributed by atoms with Crippen molar-refractivity contribution in [2.24, 2.45) is 5.92 Å². The van der Waals surface area contributed by atoms with Gasteiger partial charge in [-0.1, -0.05) is 6.42 Å². The van der Waals surface area contributed by atoms with Gasteiger partial charge in [-0.25, -0.2) is 9.55 Å². The average Bonchev–Trinajstić information content (AvgIpc) is 2.81. The Bertz CT molecular complexity index is 528. The Hall–Kier alpha value is -1.96. The van der Waals surface area contributed by atoms with Crippen molar-refractivity contribution in [3.63, 3.8) is 0 Å². The molecule has 0 spiro atoms. The fourth-order valence-electron chi connectivity index (χ4n) is 2.86. The highest BCUT2D eigenvalue weighted by atomic mass is 16.6. The molecule has 1 aromatic rings. The van der Waals surface area contributed by atoms with Crippen LogP contribution in [0.15, 0.2) is 6.20 Å². The lowest BCUT2D eigenvalue weighted by Crippen LogP contribution is -2.38. The van der Waals surface area contributed by atoms with Crippen molar-refractivity contribution < 1.29 is 14.8 Å². The Balaban J connectivity index is 1.86. The number of carbonyl (C=O) groups is 1. The van der Waals surface area contributed by atoms with Crippen LogP contribution in [0.3, 0.4) is 0 Å². The SMILES string of the molecule is Cc1ncc([N+](=O)[O-])n1CCNC1CCCC(C(=O)O)C1. The number of rotatable bonds is 6. The van der Waals surface area contributed by atoms with Crippen LogP contribution in [0, 0.1) is 23.0 Å². The van der Waals surface area contributed by atoms with Gasteiger partial charge < -0.3 is 20.5 Å². The first kappa shape index (κ1) is 15.4. The minimum atomic E-state index is -0.734. The van der Waals surface area contributed by atoms with Gasteiger partial charge in [0.25, 0.3) is 0 Å². The third-order valence-electron chi connectivity index (χ3n) is 4.01. The number of aliphatic carboxylic acids is 1. The standard InChI is InChI=1S/C13H20N4O4/c1-9-15-8-12(17(20)21)16(9)6-5-14-11-4-2-3-10(7-11)13(18)19/h8,10-11,14H,2-7H2,1H3,(H,18,19). The maximum absolute atomic E-state index is 11.0. The van der Waals surface area contributed by atoms with E-state index in [2.05, 4.69) is 10.3 Å². The van der Waals surface area contributed by atoms with E-state index in [1.807, 2.05) is 0 Å². The molecule has 8 nitrogen and oxygen atoms in total. The lowest BCUT2D eigenvalue weighted by molar-refractivity contribution is -0.392. The average molecular weight is 296 g/mol. The lowest BCUT2D eigenvalue weighted by Gasteiger charge is -2.27. The van der Waals surface area contributed by atoms with Gasteiger partial charge in [-0.2, -0.15) is 0 Å². The number of nitro groups is 1. The van der Waals surface area contributed by atoms with Crippen LogP contribution in [-0.2, 0) is 11.3 Å². The summed E-state index contributed by atoms with van der Waals surface area (Å²) in [7, 11) is 0. The second kappa shape index (κ2) is 6.66. The predicted octanol–water partition coefficient (Wildman–Crippen LogP) is 1.33. The molecular formula is C13H20N4O4. The Morgan fingerprint density at radius 3 is 3.05 bits per heavy atom. The third-order valence-corrected chi connectivity index (χ3v) is 4.01. The normalized spacial score (nSPS) is 22.1. The summed E-state index contributed by atoms with van der Waals surface area (Å²) in [6.07, 6.45) is 4.48. The molecule has 0 aromatic carbocycles. The molecule has 0 saturated heterocycles. The van der Waals surface area contributed by atoms with Gasteiger partial charge in [0.2, 0.25) is 0 Å². The number of nitrogens with one attached hydrogen (secondary N) is 1. The minimum absolute atomic E-state index is 0.0126. The zero-order valence-corrected chi connectivity index (χ0v) is 12.0. The number of hydrogen-bond acceptors (Lipinski definition) is 5. The van der Waals surface area contributed by atoms with Gasteiger partial charge in [0.1, 0.15) is 12.7 Å². The molecule has 0 radical (unpaired) electrons. The zero-order chi connectivity index (χ0) is 15.4. The van der Waals surface area contributed by atoms with E-state index < -0.39 is 10.9 Å². The van der Waals surface area contributed by atoms with Gasteiger partial charge in [-0.15, -0.1) is 0 Å². The summed E-state index contributed by atoms with van der Waals surface area (Å²) < 4.78 is 1.56. The second-order valence-electron chi connectivity index (χ2n) is 5.43. The highest BCUT2D eigenvalue weighted by molar-refractivity contribution is 5.70. The fourth-order valence-corrected chi connectivity index (χ4v) is 2.86. The van der Waals surface area contributed by atoms with Crippen molar-refractivity contribution in [1.82, 2.24) is 14.9 Å². The number of hydrogen-bond donors (Lipinski definition) is 2. The molecule has 21 heavy (non-hydrogen) atoms. The quantitative estimate of drug-likeness (QED) is 0.605. The number of aromatic nitrogens is 2.